The maximum atomic E-state index is 9.87. The summed E-state index contributed by atoms with van der Waals surface area (Å²) in [5, 5.41) is 10.9. The van der Waals surface area contributed by atoms with Crippen molar-refractivity contribution in [1.29, 1.82) is 0 Å². The Bertz CT molecular complexity index is 668. The van der Waals surface area contributed by atoms with E-state index >= 15 is 0 Å². The summed E-state index contributed by atoms with van der Waals surface area (Å²) < 4.78 is 5.43. The minimum atomic E-state index is -0.860. The maximum Gasteiger partial charge on any atom is 0.198 e. The van der Waals surface area contributed by atoms with Crippen LogP contribution in [0.1, 0.15) is 23.5 Å². The second-order valence-electron chi connectivity index (χ2n) is 4.99. The molecule has 108 valence electrons. The van der Waals surface area contributed by atoms with Crippen LogP contribution in [0.4, 0.5) is 0 Å². The highest BCUT2D eigenvalue weighted by molar-refractivity contribution is 6.35. The van der Waals surface area contributed by atoms with E-state index in [1.54, 1.807) is 6.07 Å². The number of halogens is 2. The summed E-state index contributed by atoms with van der Waals surface area (Å²) in [5.41, 5.74) is 2.01. The van der Waals surface area contributed by atoms with Crippen molar-refractivity contribution < 1.29 is 9.84 Å². The Kier molecular flexibility index (Phi) is 4.20. The molecular formula is C17H14Cl2O2. The zero-order chi connectivity index (χ0) is 14.8. The van der Waals surface area contributed by atoms with E-state index in [4.69, 9.17) is 27.9 Å². The van der Waals surface area contributed by atoms with Gasteiger partial charge in [-0.1, -0.05) is 65.7 Å². The van der Waals surface area contributed by atoms with Gasteiger partial charge in [-0.05, 0) is 17.7 Å². The summed E-state index contributed by atoms with van der Waals surface area (Å²) in [6.07, 6.45) is 3.70. The molecule has 2 aromatic rings. The van der Waals surface area contributed by atoms with Gasteiger partial charge in [0.05, 0.1) is 5.02 Å². The molecule has 0 saturated heterocycles. The Morgan fingerprint density at radius 3 is 2.67 bits per heavy atom. The van der Waals surface area contributed by atoms with Crippen LogP contribution in [0.3, 0.4) is 0 Å². The lowest BCUT2D eigenvalue weighted by atomic mass is 9.91. The van der Waals surface area contributed by atoms with Gasteiger partial charge in [-0.2, -0.15) is 0 Å². The highest BCUT2D eigenvalue weighted by Gasteiger charge is 2.27. The van der Waals surface area contributed by atoms with E-state index in [0.717, 1.165) is 11.1 Å². The minimum absolute atomic E-state index is 0.0140. The van der Waals surface area contributed by atoms with E-state index in [-0.39, 0.29) is 5.92 Å². The summed E-state index contributed by atoms with van der Waals surface area (Å²) in [6.45, 7) is 0. The molecule has 0 fully saturated rings. The Labute approximate surface area is 133 Å². The smallest absolute Gasteiger partial charge is 0.198 e. The van der Waals surface area contributed by atoms with Crippen molar-refractivity contribution in [1.82, 2.24) is 0 Å². The number of fused-ring (bicyclic) bond motifs is 1. The number of ether oxygens (including phenoxy) is 1. The molecule has 0 radical (unpaired) electrons. The number of hydrogen-bond acceptors (Lipinski definition) is 2. The molecule has 0 spiro atoms. The van der Waals surface area contributed by atoms with Crippen molar-refractivity contribution in [2.75, 3.05) is 0 Å². The van der Waals surface area contributed by atoms with Crippen molar-refractivity contribution in [2.45, 2.75) is 18.6 Å². The van der Waals surface area contributed by atoms with Gasteiger partial charge in [0.1, 0.15) is 5.75 Å². The second-order valence-corrected chi connectivity index (χ2v) is 5.83. The molecule has 0 aliphatic carbocycles. The van der Waals surface area contributed by atoms with Crippen LogP contribution >= 0.6 is 23.2 Å². The molecule has 2 aromatic carbocycles. The molecule has 1 N–H and O–H groups in total. The molecule has 21 heavy (non-hydrogen) atoms. The molecule has 2 nitrogen and oxygen atoms in total. The van der Waals surface area contributed by atoms with Crippen LogP contribution in [0.5, 0.6) is 5.75 Å². The number of aliphatic hydroxyl groups is 1. The van der Waals surface area contributed by atoms with Gasteiger partial charge >= 0.3 is 0 Å². The van der Waals surface area contributed by atoms with E-state index in [1.165, 1.54) is 0 Å². The van der Waals surface area contributed by atoms with Crippen LogP contribution < -0.4 is 4.74 Å². The van der Waals surface area contributed by atoms with Crippen molar-refractivity contribution in [3.8, 4) is 5.75 Å². The van der Waals surface area contributed by atoms with Crippen LogP contribution in [-0.2, 0) is 0 Å². The van der Waals surface area contributed by atoms with Crippen molar-refractivity contribution in [3.63, 3.8) is 0 Å². The molecule has 0 bridgehead atoms. The van der Waals surface area contributed by atoms with Crippen LogP contribution in [0.2, 0.25) is 10.0 Å². The normalized spacial score (nSPS) is 21.1. The van der Waals surface area contributed by atoms with Crippen molar-refractivity contribution >= 4 is 29.3 Å². The van der Waals surface area contributed by atoms with Gasteiger partial charge in [-0.15, -0.1) is 0 Å². The SMILES string of the molecule is OC1CC(/C=C/c2ccccc2)c2cc(Cl)cc(Cl)c2O1. The van der Waals surface area contributed by atoms with Gasteiger partial charge in [0.2, 0.25) is 0 Å². The Balaban J connectivity index is 1.96. The van der Waals surface area contributed by atoms with Crippen molar-refractivity contribution in [3.05, 3.63) is 69.7 Å². The standard InChI is InChI=1S/C17H14Cl2O2/c18-13-9-14-12(7-6-11-4-2-1-3-5-11)8-16(20)21-17(14)15(19)10-13/h1-7,9-10,12,16,20H,8H2/b7-6+. The van der Waals surface area contributed by atoms with Crippen LogP contribution in [0, 0.1) is 0 Å². The summed E-state index contributed by atoms with van der Waals surface area (Å²) in [7, 11) is 0. The molecule has 1 aliphatic rings. The fourth-order valence-electron chi connectivity index (χ4n) is 2.48. The molecule has 2 unspecified atom stereocenters. The van der Waals surface area contributed by atoms with Gasteiger partial charge in [-0.3, -0.25) is 0 Å². The van der Waals surface area contributed by atoms with Crippen LogP contribution in [-0.4, -0.2) is 11.4 Å². The number of hydrogen-bond donors (Lipinski definition) is 1. The van der Waals surface area contributed by atoms with Crippen molar-refractivity contribution in [2.24, 2.45) is 0 Å². The van der Waals surface area contributed by atoms with Crippen LogP contribution in [0.25, 0.3) is 6.08 Å². The molecule has 0 aromatic heterocycles. The first kappa shape index (κ1) is 14.5. The first-order valence-electron chi connectivity index (χ1n) is 6.70. The molecule has 3 rings (SSSR count). The second kappa shape index (κ2) is 6.10. The van der Waals surface area contributed by atoms with Gasteiger partial charge in [0.25, 0.3) is 0 Å². The molecule has 4 heteroatoms. The zero-order valence-corrected chi connectivity index (χ0v) is 12.7. The van der Waals surface area contributed by atoms with E-state index in [2.05, 4.69) is 0 Å². The first-order chi connectivity index (χ1) is 10.1. The van der Waals surface area contributed by atoms with Gasteiger partial charge in [-0.25, -0.2) is 0 Å². The quantitative estimate of drug-likeness (QED) is 0.853. The third kappa shape index (κ3) is 3.24. The predicted molar refractivity (Wildman–Crippen MR) is 85.9 cm³/mol. The topological polar surface area (TPSA) is 29.5 Å². The van der Waals surface area contributed by atoms with E-state index < -0.39 is 6.29 Å². The molecule has 0 amide bonds. The van der Waals surface area contributed by atoms with E-state index in [1.807, 2.05) is 48.6 Å². The fraction of sp³-hybridized carbons (Fsp3) is 0.176. The molecule has 1 aliphatic heterocycles. The largest absolute Gasteiger partial charge is 0.463 e. The van der Waals surface area contributed by atoms with E-state index in [0.29, 0.717) is 22.2 Å². The number of benzene rings is 2. The molecule has 1 heterocycles. The molecule has 2 atom stereocenters. The number of allylic oxidation sites excluding steroid dienone is 1. The lowest BCUT2D eigenvalue weighted by molar-refractivity contribution is -0.0352. The van der Waals surface area contributed by atoms with Crippen LogP contribution in [0.15, 0.2) is 48.5 Å². The zero-order valence-electron chi connectivity index (χ0n) is 11.2. The Hall–Kier alpha value is -1.48. The van der Waals surface area contributed by atoms with Gasteiger partial charge < -0.3 is 9.84 Å². The monoisotopic (exact) mass is 320 g/mol. The first-order valence-corrected chi connectivity index (χ1v) is 7.46. The van der Waals surface area contributed by atoms with E-state index in [9.17, 15) is 5.11 Å². The highest BCUT2D eigenvalue weighted by Crippen LogP contribution is 2.43. The summed E-state index contributed by atoms with van der Waals surface area (Å²) in [5.74, 6) is 0.530. The number of aliphatic hydroxyl groups excluding tert-OH is 1. The fourth-order valence-corrected chi connectivity index (χ4v) is 3.04. The Morgan fingerprint density at radius 2 is 1.90 bits per heavy atom. The molecular weight excluding hydrogens is 307 g/mol. The highest BCUT2D eigenvalue weighted by atomic mass is 35.5. The molecule has 0 saturated carbocycles. The average molecular weight is 321 g/mol. The Morgan fingerprint density at radius 1 is 1.14 bits per heavy atom. The lowest BCUT2D eigenvalue weighted by Crippen LogP contribution is -2.24. The summed E-state index contributed by atoms with van der Waals surface area (Å²) in [4.78, 5) is 0. The third-order valence-corrected chi connectivity index (χ3v) is 3.97. The minimum Gasteiger partial charge on any atom is -0.463 e. The summed E-state index contributed by atoms with van der Waals surface area (Å²) in [6, 6.07) is 13.5. The average Bonchev–Trinajstić information content (AvgIpc) is 2.47. The third-order valence-electron chi connectivity index (χ3n) is 3.47. The summed E-state index contributed by atoms with van der Waals surface area (Å²) >= 11 is 12.2. The predicted octanol–water partition coefficient (Wildman–Crippen LogP) is 4.89. The van der Waals surface area contributed by atoms with Gasteiger partial charge in [0.15, 0.2) is 6.29 Å². The maximum absolute atomic E-state index is 9.87. The number of rotatable bonds is 2. The van der Waals surface area contributed by atoms with Gasteiger partial charge in [0, 0.05) is 22.9 Å². The lowest BCUT2D eigenvalue weighted by Gasteiger charge is -2.28.